The van der Waals surface area contributed by atoms with Gasteiger partial charge in [0.15, 0.2) is 0 Å². The number of rotatable bonds is 5. The van der Waals surface area contributed by atoms with E-state index in [4.69, 9.17) is 0 Å². The zero-order chi connectivity index (χ0) is 12.8. The Labute approximate surface area is 111 Å². The molecule has 2 rings (SSSR count). The van der Waals surface area contributed by atoms with Gasteiger partial charge < -0.3 is 15.1 Å². The van der Waals surface area contributed by atoms with Gasteiger partial charge in [0.25, 0.3) is 0 Å². The van der Waals surface area contributed by atoms with Gasteiger partial charge in [-0.3, -0.25) is 0 Å². The highest BCUT2D eigenvalue weighted by Gasteiger charge is 2.12. The van der Waals surface area contributed by atoms with E-state index < -0.39 is 0 Å². The van der Waals surface area contributed by atoms with Gasteiger partial charge in [-0.15, -0.1) is 0 Å². The molecule has 1 saturated heterocycles. The number of anilines is 1. The minimum Gasteiger partial charge on any atom is -0.385 e. The van der Waals surface area contributed by atoms with Gasteiger partial charge in [-0.05, 0) is 44.6 Å². The summed E-state index contributed by atoms with van der Waals surface area (Å²) in [6.45, 7) is 9.29. The molecule has 0 atom stereocenters. The Kier molecular flexibility index (Phi) is 5.02. The van der Waals surface area contributed by atoms with Crippen molar-refractivity contribution < 1.29 is 0 Å². The topological polar surface area (TPSA) is 18.5 Å². The first-order valence-electron chi connectivity index (χ1n) is 6.95. The van der Waals surface area contributed by atoms with Gasteiger partial charge in [-0.1, -0.05) is 12.1 Å². The van der Waals surface area contributed by atoms with E-state index in [1.165, 1.54) is 50.4 Å². The van der Waals surface area contributed by atoms with Gasteiger partial charge in [0.2, 0.25) is 0 Å². The van der Waals surface area contributed by atoms with Crippen molar-refractivity contribution in [1.29, 1.82) is 0 Å². The molecule has 0 aliphatic carbocycles. The second-order valence-corrected chi connectivity index (χ2v) is 5.29. The highest BCUT2D eigenvalue weighted by atomic mass is 15.2. The molecule has 1 aromatic rings. The number of nitrogens with one attached hydrogen (secondary N) is 1. The number of hydrogen-bond acceptors (Lipinski definition) is 3. The molecule has 100 valence electrons. The van der Waals surface area contributed by atoms with Crippen LogP contribution in [-0.2, 0) is 0 Å². The van der Waals surface area contributed by atoms with Crippen LogP contribution in [0, 0.1) is 6.92 Å². The molecule has 3 nitrogen and oxygen atoms in total. The fourth-order valence-electron chi connectivity index (χ4n) is 2.36. The van der Waals surface area contributed by atoms with Crippen molar-refractivity contribution in [2.24, 2.45) is 0 Å². The van der Waals surface area contributed by atoms with Crippen molar-refractivity contribution in [3.05, 3.63) is 29.8 Å². The van der Waals surface area contributed by atoms with E-state index in [1.807, 2.05) is 0 Å². The lowest BCUT2D eigenvalue weighted by Crippen LogP contribution is -2.44. The summed E-state index contributed by atoms with van der Waals surface area (Å²) in [7, 11) is 2.20. The molecule has 18 heavy (non-hydrogen) atoms. The van der Waals surface area contributed by atoms with E-state index >= 15 is 0 Å². The van der Waals surface area contributed by atoms with Crippen molar-refractivity contribution in [2.75, 3.05) is 51.6 Å². The van der Waals surface area contributed by atoms with E-state index in [0.717, 1.165) is 6.54 Å². The lowest BCUT2D eigenvalue weighted by molar-refractivity contribution is 0.154. The summed E-state index contributed by atoms with van der Waals surface area (Å²) in [5.74, 6) is 0. The average molecular weight is 247 g/mol. The maximum atomic E-state index is 3.50. The Morgan fingerprint density at radius 3 is 2.67 bits per heavy atom. The summed E-state index contributed by atoms with van der Waals surface area (Å²) in [6.07, 6.45) is 1.22. The average Bonchev–Trinajstić information content (AvgIpc) is 2.37. The number of likely N-dealkylation sites (N-methyl/N-ethyl adjacent to an activating group) is 1. The monoisotopic (exact) mass is 247 g/mol. The third-order valence-electron chi connectivity index (χ3n) is 3.59. The molecule has 1 heterocycles. The predicted octanol–water partition coefficient (Wildman–Crippen LogP) is 2.04. The zero-order valence-electron chi connectivity index (χ0n) is 11.7. The maximum absolute atomic E-state index is 3.50. The number of piperazine rings is 1. The van der Waals surface area contributed by atoms with Crippen LogP contribution in [0.25, 0.3) is 0 Å². The van der Waals surface area contributed by atoms with Gasteiger partial charge in [0.1, 0.15) is 0 Å². The SMILES string of the molecule is Cc1cccc(NCCCN2CCN(C)CC2)c1. The van der Waals surface area contributed by atoms with Crippen molar-refractivity contribution in [3.8, 4) is 0 Å². The largest absolute Gasteiger partial charge is 0.385 e. The summed E-state index contributed by atoms with van der Waals surface area (Å²) in [5.41, 5.74) is 2.56. The highest BCUT2D eigenvalue weighted by molar-refractivity contribution is 5.45. The standard InChI is InChI=1S/C15H25N3/c1-14-5-3-6-15(13-14)16-7-4-8-18-11-9-17(2)10-12-18/h3,5-6,13,16H,4,7-12H2,1-2H3. The second-order valence-electron chi connectivity index (χ2n) is 5.29. The van der Waals surface area contributed by atoms with Gasteiger partial charge in [0.05, 0.1) is 0 Å². The molecule has 1 aliphatic rings. The molecule has 1 N–H and O–H groups in total. The van der Waals surface area contributed by atoms with E-state index in [2.05, 4.69) is 53.4 Å². The number of aryl methyl sites for hydroxylation is 1. The predicted molar refractivity (Wildman–Crippen MR) is 78.2 cm³/mol. The first-order valence-corrected chi connectivity index (χ1v) is 6.95. The molecule has 0 aromatic heterocycles. The van der Waals surface area contributed by atoms with Crippen LogP contribution in [0.3, 0.4) is 0 Å². The Hall–Kier alpha value is -1.06. The molecule has 3 heteroatoms. The molecule has 0 saturated carbocycles. The lowest BCUT2D eigenvalue weighted by Gasteiger charge is -2.32. The maximum Gasteiger partial charge on any atom is 0.0342 e. The summed E-state index contributed by atoms with van der Waals surface area (Å²) < 4.78 is 0. The Bertz CT molecular complexity index is 357. The van der Waals surface area contributed by atoms with Crippen LogP contribution in [0.4, 0.5) is 5.69 Å². The van der Waals surface area contributed by atoms with Crippen LogP contribution in [0.15, 0.2) is 24.3 Å². The molecular weight excluding hydrogens is 222 g/mol. The van der Waals surface area contributed by atoms with Crippen molar-refractivity contribution in [1.82, 2.24) is 9.80 Å². The molecule has 0 radical (unpaired) electrons. The van der Waals surface area contributed by atoms with Crippen LogP contribution in [0.2, 0.25) is 0 Å². The lowest BCUT2D eigenvalue weighted by atomic mass is 10.2. The fourth-order valence-corrected chi connectivity index (χ4v) is 2.36. The van der Waals surface area contributed by atoms with Crippen LogP contribution >= 0.6 is 0 Å². The number of benzene rings is 1. The highest BCUT2D eigenvalue weighted by Crippen LogP contribution is 2.09. The smallest absolute Gasteiger partial charge is 0.0342 e. The second kappa shape index (κ2) is 6.76. The first kappa shape index (κ1) is 13.4. The van der Waals surface area contributed by atoms with Gasteiger partial charge >= 0.3 is 0 Å². The molecular formula is C15H25N3. The van der Waals surface area contributed by atoms with Crippen molar-refractivity contribution in [3.63, 3.8) is 0 Å². The van der Waals surface area contributed by atoms with Gasteiger partial charge in [-0.2, -0.15) is 0 Å². The van der Waals surface area contributed by atoms with E-state index in [-0.39, 0.29) is 0 Å². The number of hydrogen-bond donors (Lipinski definition) is 1. The first-order chi connectivity index (χ1) is 8.74. The fraction of sp³-hybridized carbons (Fsp3) is 0.600. The molecule has 1 aromatic carbocycles. The Balaban J connectivity index is 1.61. The summed E-state index contributed by atoms with van der Waals surface area (Å²) in [6, 6.07) is 8.59. The zero-order valence-corrected chi connectivity index (χ0v) is 11.7. The minimum absolute atomic E-state index is 1.07. The summed E-state index contributed by atoms with van der Waals surface area (Å²) in [4.78, 5) is 4.97. The van der Waals surface area contributed by atoms with Crippen LogP contribution in [0.5, 0.6) is 0 Å². The van der Waals surface area contributed by atoms with Crippen LogP contribution in [0.1, 0.15) is 12.0 Å². The third kappa shape index (κ3) is 4.31. The summed E-state index contributed by atoms with van der Waals surface area (Å²) >= 11 is 0. The van der Waals surface area contributed by atoms with Crippen molar-refractivity contribution >= 4 is 5.69 Å². The van der Waals surface area contributed by atoms with Crippen LogP contribution in [-0.4, -0.2) is 56.1 Å². The molecule has 0 unspecified atom stereocenters. The Morgan fingerprint density at radius 1 is 1.17 bits per heavy atom. The molecule has 1 fully saturated rings. The van der Waals surface area contributed by atoms with E-state index in [0.29, 0.717) is 0 Å². The van der Waals surface area contributed by atoms with E-state index in [9.17, 15) is 0 Å². The van der Waals surface area contributed by atoms with E-state index in [1.54, 1.807) is 0 Å². The van der Waals surface area contributed by atoms with Gasteiger partial charge in [-0.25, -0.2) is 0 Å². The van der Waals surface area contributed by atoms with Crippen LogP contribution < -0.4 is 5.32 Å². The normalized spacial score (nSPS) is 17.9. The molecule has 1 aliphatic heterocycles. The van der Waals surface area contributed by atoms with Crippen molar-refractivity contribution in [2.45, 2.75) is 13.3 Å². The third-order valence-corrected chi connectivity index (χ3v) is 3.59. The Morgan fingerprint density at radius 2 is 1.94 bits per heavy atom. The molecule has 0 amide bonds. The minimum atomic E-state index is 1.07. The summed E-state index contributed by atoms with van der Waals surface area (Å²) in [5, 5.41) is 3.50. The number of nitrogens with zero attached hydrogens (tertiary/aromatic N) is 2. The molecule has 0 spiro atoms. The molecule has 0 bridgehead atoms. The van der Waals surface area contributed by atoms with Gasteiger partial charge in [0, 0.05) is 38.4 Å². The quantitative estimate of drug-likeness (QED) is 0.803.